The number of thiazole rings is 1. The van der Waals surface area contributed by atoms with Crippen LogP contribution in [0.2, 0.25) is 0 Å². The number of Topliss-reactive ketones (excluding diaryl/α,β-unsaturated/α-hetero) is 1. The first-order valence-corrected chi connectivity index (χ1v) is 20.0. The minimum Gasteiger partial charge on any atom is -0.481 e. The van der Waals surface area contributed by atoms with Crippen molar-refractivity contribution in [2.75, 3.05) is 11.5 Å². The van der Waals surface area contributed by atoms with E-state index in [2.05, 4.69) is 11.9 Å². The monoisotopic (exact) mass is 741 g/mol. The van der Waals surface area contributed by atoms with Crippen LogP contribution in [0.5, 0.6) is 0 Å². The predicted molar refractivity (Wildman–Crippen MR) is 196 cm³/mol. The number of rotatable bonds is 11. The average molecular weight is 742 g/mol. The summed E-state index contributed by atoms with van der Waals surface area (Å²) in [6.07, 6.45) is 1.73. The quantitative estimate of drug-likeness (QED) is 0.135. The fraction of sp³-hybridized carbons (Fsp3) is 0.750. The Morgan fingerprint density at radius 2 is 1.82 bits per heavy atom. The zero-order chi connectivity index (χ0) is 36.7. The molecular formula is C36H55NO9S3. The number of ketones is 1. The highest BCUT2D eigenvalue weighted by Crippen LogP contribution is 2.45. The van der Waals surface area contributed by atoms with E-state index in [1.807, 2.05) is 46.1 Å². The molecule has 0 spiro atoms. The van der Waals surface area contributed by atoms with E-state index in [9.17, 15) is 24.3 Å². The molecule has 1 aromatic rings. The van der Waals surface area contributed by atoms with E-state index in [1.54, 1.807) is 43.9 Å². The van der Waals surface area contributed by atoms with Crippen LogP contribution in [-0.2, 0) is 33.4 Å². The number of hydrogen-bond donors (Lipinski definition) is 2. The topological polar surface area (TPSA) is 153 Å². The number of aryl methyl sites for hydroxylation is 1. The number of aliphatic hydroxyl groups excluding tert-OH is 1. The van der Waals surface area contributed by atoms with Crippen molar-refractivity contribution >= 4 is 64.6 Å². The Morgan fingerprint density at radius 1 is 1.16 bits per heavy atom. The van der Waals surface area contributed by atoms with Gasteiger partial charge in [-0.3, -0.25) is 19.2 Å². The Morgan fingerprint density at radius 3 is 2.43 bits per heavy atom. The lowest BCUT2D eigenvalue weighted by Gasteiger charge is -2.36. The van der Waals surface area contributed by atoms with E-state index < -0.39 is 47.6 Å². The fourth-order valence-electron chi connectivity index (χ4n) is 6.29. The Balaban J connectivity index is 1.75. The zero-order valence-corrected chi connectivity index (χ0v) is 32.9. The van der Waals surface area contributed by atoms with Crippen molar-refractivity contribution in [1.29, 1.82) is 0 Å². The number of carbonyl (C=O) groups is 4. The van der Waals surface area contributed by atoms with E-state index in [4.69, 9.17) is 19.3 Å². The number of ether oxygens (including phenoxy) is 3. The van der Waals surface area contributed by atoms with Crippen LogP contribution >= 0.6 is 34.9 Å². The second-order valence-electron chi connectivity index (χ2n) is 14.7. The third kappa shape index (κ3) is 12.4. The number of carbonyl (C=O) groups excluding carboxylic acids is 3. The number of aromatic nitrogens is 1. The van der Waals surface area contributed by atoms with Gasteiger partial charge in [-0.1, -0.05) is 34.1 Å². The standard InChI is InChI=1S/C36H55NO9S3/c1-21-11-10-14-36(9)28(46-36)18-26(22(2)17-25-20-47-24(4)37-25)44-31(42)19-27(38)34(5,6)33(43)23(3)32(21)45-30(41)13-16-49-35(7,8)48-15-12-29(39)40/h17,20-21,23,26-28,32,38H,10-16,18-19H2,1-9H3,(H,39,40)/b22-17+/t21-,23+,26+,27-,28+,32+,36?/m1/s1. The van der Waals surface area contributed by atoms with Crippen LogP contribution in [0.1, 0.15) is 111 Å². The summed E-state index contributed by atoms with van der Waals surface area (Å²) < 4.78 is 17.9. The molecule has 3 rings (SSSR count). The Kier molecular flexibility index (Phi) is 14.8. The predicted octanol–water partition coefficient (Wildman–Crippen LogP) is 7.10. The molecule has 0 aromatic carbocycles. The molecule has 2 fully saturated rings. The number of thioether (sulfide) groups is 2. The van der Waals surface area contributed by atoms with Crippen LogP contribution in [0.25, 0.3) is 6.08 Å². The molecule has 0 aliphatic carbocycles. The molecule has 13 heteroatoms. The van der Waals surface area contributed by atoms with Crippen molar-refractivity contribution in [3.63, 3.8) is 0 Å². The van der Waals surface area contributed by atoms with Gasteiger partial charge in [0.15, 0.2) is 0 Å². The molecule has 0 bridgehead atoms. The Labute approximate surface area is 303 Å². The van der Waals surface area contributed by atoms with Crippen molar-refractivity contribution in [2.24, 2.45) is 17.3 Å². The number of carboxylic acid groups (broad SMARTS) is 1. The molecule has 2 N–H and O–H groups in total. The molecule has 2 saturated heterocycles. The van der Waals surface area contributed by atoms with E-state index in [-0.39, 0.29) is 46.7 Å². The summed E-state index contributed by atoms with van der Waals surface area (Å²) in [6.45, 7) is 16.8. The van der Waals surface area contributed by atoms with Crippen LogP contribution in [0, 0.1) is 24.2 Å². The van der Waals surface area contributed by atoms with Crippen LogP contribution in [0.3, 0.4) is 0 Å². The number of cyclic esters (lactones) is 1. The number of nitrogens with zero attached hydrogens (tertiary/aromatic N) is 1. The van der Waals surface area contributed by atoms with Gasteiger partial charge in [0.25, 0.3) is 0 Å². The van der Waals surface area contributed by atoms with Gasteiger partial charge in [-0.2, -0.15) is 0 Å². The number of fused-ring (bicyclic) bond motifs is 1. The minimum atomic E-state index is -1.32. The highest BCUT2D eigenvalue weighted by atomic mass is 32.2. The maximum atomic E-state index is 14.0. The summed E-state index contributed by atoms with van der Waals surface area (Å²) in [6, 6.07) is 0. The number of carboxylic acids is 1. The smallest absolute Gasteiger partial charge is 0.309 e. The van der Waals surface area contributed by atoms with Crippen LogP contribution < -0.4 is 0 Å². The van der Waals surface area contributed by atoms with Crippen molar-refractivity contribution in [3.8, 4) is 0 Å². The molecule has 0 saturated carbocycles. The van der Waals surface area contributed by atoms with Gasteiger partial charge in [-0.05, 0) is 65.0 Å². The van der Waals surface area contributed by atoms with Gasteiger partial charge in [0.1, 0.15) is 18.0 Å². The Bertz CT molecular complexity index is 1360. The minimum absolute atomic E-state index is 0.0749. The third-order valence-electron chi connectivity index (χ3n) is 9.67. The van der Waals surface area contributed by atoms with Gasteiger partial charge in [-0.25, -0.2) is 4.98 Å². The van der Waals surface area contributed by atoms with Crippen molar-refractivity contribution in [2.45, 2.75) is 141 Å². The first-order valence-electron chi connectivity index (χ1n) is 17.1. The van der Waals surface area contributed by atoms with Crippen molar-refractivity contribution in [3.05, 3.63) is 21.7 Å². The summed E-state index contributed by atoms with van der Waals surface area (Å²) in [5.74, 6) is -2.07. The number of hydrogen-bond acceptors (Lipinski definition) is 12. The van der Waals surface area contributed by atoms with Crippen LogP contribution in [0.4, 0.5) is 0 Å². The molecule has 2 aliphatic rings. The molecule has 2 aliphatic heterocycles. The van der Waals surface area contributed by atoms with E-state index in [0.29, 0.717) is 24.3 Å². The summed E-state index contributed by atoms with van der Waals surface area (Å²) in [7, 11) is 0. The molecule has 0 amide bonds. The van der Waals surface area contributed by atoms with E-state index in [1.165, 1.54) is 11.8 Å². The van der Waals surface area contributed by atoms with Crippen LogP contribution in [-0.4, -0.2) is 84.5 Å². The highest BCUT2D eigenvalue weighted by Gasteiger charge is 2.53. The molecule has 10 nitrogen and oxygen atoms in total. The van der Waals surface area contributed by atoms with Gasteiger partial charge in [0.05, 0.1) is 63.2 Å². The molecule has 49 heavy (non-hydrogen) atoms. The summed E-state index contributed by atoms with van der Waals surface area (Å²) >= 11 is 4.64. The molecule has 3 heterocycles. The summed E-state index contributed by atoms with van der Waals surface area (Å²) in [4.78, 5) is 55.9. The summed E-state index contributed by atoms with van der Waals surface area (Å²) in [5.41, 5.74) is -0.0834. The lowest BCUT2D eigenvalue weighted by Crippen LogP contribution is -2.47. The summed E-state index contributed by atoms with van der Waals surface area (Å²) in [5, 5.41) is 23.1. The molecule has 276 valence electrons. The van der Waals surface area contributed by atoms with Crippen molar-refractivity contribution in [1.82, 2.24) is 4.98 Å². The van der Waals surface area contributed by atoms with E-state index >= 15 is 0 Å². The third-order valence-corrected chi connectivity index (χ3v) is 13.4. The molecule has 1 unspecified atom stereocenters. The second-order valence-corrected chi connectivity index (χ2v) is 19.5. The lowest BCUT2D eigenvalue weighted by molar-refractivity contribution is -0.160. The number of aliphatic carboxylic acids is 1. The normalized spacial score (nSPS) is 30.3. The maximum Gasteiger partial charge on any atom is 0.309 e. The van der Waals surface area contributed by atoms with Gasteiger partial charge in [0.2, 0.25) is 0 Å². The average Bonchev–Trinajstić information content (AvgIpc) is 3.44. The van der Waals surface area contributed by atoms with Gasteiger partial charge < -0.3 is 24.4 Å². The lowest BCUT2D eigenvalue weighted by atomic mass is 9.72. The number of epoxide rings is 1. The fourth-order valence-corrected chi connectivity index (χ4v) is 9.22. The molecule has 1 aromatic heterocycles. The van der Waals surface area contributed by atoms with Gasteiger partial charge in [-0.15, -0.1) is 34.9 Å². The number of aliphatic hydroxyl groups is 1. The second kappa shape index (κ2) is 17.5. The van der Waals surface area contributed by atoms with E-state index in [0.717, 1.165) is 29.1 Å². The zero-order valence-electron chi connectivity index (χ0n) is 30.4. The highest BCUT2D eigenvalue weighted by molar-refractivity contribution is 8.18. The largest absolute Gasteiger partial charge is 0.481 e. The molecule has 0 radical (unpaired) electrons. The first kappa shape index (κ1) is 41.5. The van der Waals surface area contributed by atoms with Crippen molar-refractivity contribution < 1.29 is 43.6 Å². The van der Waals surface area contributed by atoms with Gasteiger partial charge >= 0.3 is 17.9 Å². The Hall–Kier alpha value is -1.93. The first-order chi connectivity index (χ1) is 22.7. The van der Waals surface area contributed by atoms with Crippen LogP contribution in [0.15, 0.2) is 11.0 Å². The number of esters is 2. The maximum absolute atomic E-state index is 14.0. The van der Waals surface area contributed by atoms with Gasteiger partial charge in [0, 0.05) is 23.3 Å². The molecule has 7 atom stereocenters. The SMILES string of the molecule is C/C(=C\c1csc(C)n1)[C@@H]1C[C@@H]2OC2(C)CCC[C@@H](C)[C@H](OC(=O)CCSC(C)(C)SCCC(=O)O)[C@H](C)C(=O)C(C)(C)[C@H](O)CC(=O)O1. The molecular weight excluding hydrogens is 687 g/mol.